The van der Waals surface area contributed by atoms with Crippen LogP contribution in [0.2, 0.25) is 0 Å². The van der Waals surface area contributed by atoms with Crippen molar-refractivity contribution < 1.29 is 14.4 Å². The second kappa shape index (κ2) is 7.52. The second-order valence-electron chi connectivity index (χ2n) is 5.78. The molecule has 0 aliphatic carbocycles. The molecule has 0 saturated heterocycles. The number of hydroxylamine groups is 2. The third-order valence-electron chi connectivity index (χ3n) is 3.70. The molecular formula is C18H26NO3P. The van der Waals surface area contributed by atoms with Gasteiger partial charge in [-0.3, -0.25) is 0 Å². The van der Waals surface area contributed by atoms with Crippen LogP contribution in [0.25, 0.3) is 0 Å². The molecule has 0 radical (unpaired) electrons. The van der Waals surface area contributed by atoms with Crippen LogP contribution in [0.4, 0.5) is 0 Å². The van der Waals surface area contributed by atoms with E-state index in [0.29, 0.717) is 13.1 Å². The Kier molecular flexibility index (Phi) is 5.90. The number of hydrogen-bond acceptors (Lipinski definition) is 4. The summed E-state index contributed by atoms with van der Waals surface area (Å²) >= 11 is 0. The summed E-state index contributed by atoms with van der Waals surface area (Å²) in [5.41, 5.74) is 1.72. The Morgan fingerprint density at radius 3 is 1.52 bits per heavy atom. The van der Waals surface area contributed by atoms with E-state index in [1.54, 1.807) is 5.06 Å². The first-order chi connectivity index (χ1) is 10.9. The molecule has 23 heavy (non-hydrogen) atoms. The fourth-order valence-electron chi connectivity index (χ4n) is 2.62. The molecule has 2 aromatic rings. The fourth-order valence-corrected chi connectivity index (χ4v) is 5.50. The minimum absolute atomic E-state index is 0.109. The molecule has 0 unspecified atom stereocenters. The van der Waals surface area contributed by atoms with Gasteiger partial charge in [-0.15, -0.1) is 0 Å². The average Bonchev–Trinajstić information content (AvgIpc) is 2.54. The van der Waals surface area contributed by atoms with Crippen LogP contribution in [0, 0.1) is 0 Å². The standard InChI is InChI=1S/C18H26NO3P/c1-3-19(4-2)22-23(20,21,15-17-11-7-5-8-12-17)16-18-13-9-6-10-14-18/h5-14,20-21H,3-4,15-16H2,1-2H3. The van der Waals surface area contributed by atoms with Gasteiger partial charge in [0.2, 0.25) is 0 Å². The summed E-state index contributed by atoms with van der Waals surface area (Å²) in [5.74, 6) is 0. The summed E-state index contributed by atoms with van der Waals surface area (Å²) in [6.07, 6.45) is 0.218. The van der Waals surface area contributed by atoms with E-state index in [1.807, 2.05) is 74.5 Å². The van der Waals surface area contributed by atoms with Crippen LogP contribution >= 0.6 is 7.28 Å². The third-order valence-corrected chi connectivity index (χ3v) is 6.31. The van der Waals surface area contributed by atoms with Crippen LogP contribution in [0.3, 0.4) is 0 Å². The van der Waals surface area contributed by atoms with Crippen LogP contribution in [0.15, 0.2) is 60.7 Å². The predicted molar refractivity (Wildman–Crippen MR) is 95.7 cm³/mol. The van der Waals surface area contributed by atoms with Gasteiger partial charge in [0, 0.05) is 0 Å². The Morgan fingerprint density at radius 1 is 0.783 bits per heavy atom. The SMILES string of the molecule is CCN(CC)OP(O)(O)(Cc1ccccc1)Cc1ccccc1. The number of nitrogens with zero attached hydrogens (tertiary/aromatic N) is 1. The average molecular weight is 335 g/mol. The van der Waals surface area contributed by atoms with Crippen molar-refractivity contribution in [1.29, 1.82) is 0 Å². The maximum atomic E-state index is 11.2. The van der Waals surface area contributed by atoms with Crippen molar-refractivity contribution in [3.05, 3.63) is 71.8 Å². The molecule has 0 amide bonds. The van der Waals surface area contributed by atoms with Gasteiger partial charge in [0.05, 0.1) is 0 Å². The van der Waals surface area contributed by atoms with E-state index in [0.717, 1.165) is 11.1 Å². The zero-order valence-electron chi connectivity index (χ0n) is 13.8. The molecule has 126 valence electrons. The van der Waals surface area contributed by atoms with Crippen LogP contribution in [0.5, 0.6) is 0 Å². The van der Waals surface area contributed by atoms with E-state index < -0.39 is 7.28 Å². The zero-order valence-corrected chi connectivity index (χ0v) is 14.7. The molecule has 0 aromatic heterocycles. The van der Waals surface area contributed by atoms with Crippen LogP contribution < -0.4 is 0 Å². The number of hydrogen-bond donors (Lipinski definition) is 2. The molecule has 5 heteroatoms. The molecule has 0 bridgehead atoms. The first-order valence-electron chi connectivity index (χ1n) is 7.97. The van der Waals surface area contributed by atoms with Gasteiger partial charge >= 0.3 is 138 Å². The van der Waals surface area contributed by atoms with Gasteiger partial charge in [-0.05, 0) is 0 Å². The van der Waals surface area contributed by atoms with Gasteiger partial charge in [-0.25, -0.2) is 0 Å². The third kappa shape index (κ3) is 5.38. The normalized spacial score (nSPS) is 13.7. The fraction of sp³-hybridized carbons (Fsp3) is 0.333. The molecule has 0 heterocycles. The van der Waals surface area contributed by atoms with Crippen LogP contribution in [-0.4, -0.2) is 27.9 Å². The van der Waals surface area contributed by atoms with E-state index in [1.165, 1.54) is 0 Å². The molecule has 0 spiro atoms. The summed E-state index contributed by atoms with van der Waals surface area (Å²) < 4.78 is 5.81. The number of benzene rings is 2. The topological polar surface area (TPSA) is 52.9 Å². The minimum atomic E-state index is -4.40. The molecule has 0 saturated carbocycles. The Labute approximate surface area is 138 Å². The molecular weight excluding hydrogens is 309 g/mol. The molecule has 2 N–H and O–H groups in total. The van der Waals surface area contributed by atoms with Gasteiger partial charge in [0.25, 0.3) is 0 Å². The van der Waals surface area contributed by atoms with E-state index >= 15 is 0 Å². The summed E-state index contributed by atoms with van der Waals surface area (Å²) in [7, 11) is -4.40. The Morgan fingerprint density at radius 2 is 1.17 bits per heavy atom. The maximum absolute atomic E-state index is 11.2. The second-order valence-corrected chi connectivity index (χ2v) is 9.18. The summed E-state index contributed by atoms with van der Waals surface area (Å²) in [4.78, 5) is 22.5. The van der Waals surface area contributed by atoms with Gasteiger partial charge < -0.3 is 0 Å². The first-order valence-corrected chi connectivity index (χ1v) is 10.4. The molecule has 2 aromatic carbocycles. The Balaban J connectivity index is 2.32. The Hall–Kier alpha value is -1.29. The molecule has 0 fully saturated rings. The van der Waals surface area contributed by atoms with Crippen molar-refractivity contribution in [2.45, 2.75) is 26.2 Å². The molecule has 0 aliphatic heterocycles. The molecule has 2 rings (SSSR count). The van der Waals surface area contributed by atoms with Crippen LogP contribution in [0.1, 0.15) is 25.0 Å². The first kappa shape index (κ1) is 18.1. The molecule has 0 atom stereocenters. The molecule has 4 nitrogen and oxygen atoms in total. The Bertz CT molecular complexity index is 555. The zero-order chi connectivity index (χ0) is 16.8. The van der Waals surface area contributed by atoms with E-state index in [9.17, 15) is 9.79 Å². The van der Waals surface area contributed by atoms with Gasteiger partial charge in [0.15, 0.2) is 0 Å². The van der Waals surface area contributed by atoms with Crippen molar-refractivity contribution in [1.82, 2.24) is 5.06 Å². The summed E-state index contributed by atoms with van der Waals surface area (Å²) in [6, 6.07) is 19.0. The number of rotatable bonds is 8. The van der Waals surface area contributed by atoms with Crippen LogP contribution in [-0.2, 0) is 16.9 Å². The van der Waals surface area contributed by atoms with Crippen molar-refractivity contribution in [3.63, 3.8) is 0 Å². The van der Waals surface area contributed by atoms with Crippen molar-refractivity contribution in [2.24, 2.45) is 0 Å². The van der Waals surface area contributed by atoms with E-state index in [2.05, 4.69) is 0 Å². The van der Waals surface area contributed by atoms with Gasteiger partial charge in [-0.2, -0.15) is 0 Å². The van der Waals surface area contributed by atoms with Crippen molar-refractivity contribution in [3.8, 4) is 0 Å². The quantitative estimate of drug-likeness (QED) is 0.567. The monoisotopic (exact) mass is 335 g/mol. The van der Waals surface area contributed by atoms with Crippen molar-refractivity contribution in [2.75, 3.05) is 13.1 Å². The summed E-state index contributed by atoms with van der Waals surface area (Å²) in [6.45, 7) is 5.06. The van der Waals surface area contributed by atoms with Gasteiger partial charge in [0.1, 0.15) is 0 Å². The van der Waals surface area contributed by atoms with E-state index in [4.69, 9.17) is 4.62 Å². The van der Waals surface area contributed by atoms with Gasteiger partial charge in [-0.1, -0.05) is 0 Å². The molecule has 0 aliphatic rings. The van der Waals surface area contributed by atoms with E-state index in [-0.39, 0.29) is 12.3 Å². The summed E-state index contributed by atoms with van der Waals surface area (Å²) in [5, 5.41) is 1.61. The van der Waals surface area contributed by atoms with Crippen molar-refractivity contribution >= 4 is 7.28 Å². The predicted octanol–water partition coefficient (Wildman–Crippen LogP) is 3.94.